The molecule has 0 N–H and O–H groups in total. The number of rotatable bonds is 4. The number of furan rings is 2. The topological polar surface area (TPSA) is 69.9 Å². The van der Waals surface area contributed by atoms with Crippen LogP contribution in [-0.2, 0) is 0 Å². The van der Waals surface area contributed by atoms with Gasteiger partial charge in [-0.3, -0.25) is 0 Å². The highest BCUT2D eigenvalue weighted by Crippen LogP contribution is 2.42. The maximum Gasteiger partial charge on any atom is 0.166 e. The van der Waals surface area contributed by atoms with E-state index in [1.165, 1.54) is 0 Å². The van der Waals surface area contributed by atoms with Gasteiger partial charge in [0.25, 0.3) is 0 Å². The molecule has 0 aliphatic heterocycles. The van der Waals surface area contributed by atoms with Gasteiger partial charge in [-0.25, -0.2) is 15.0 Å². The standard InChI is InChI=1S/C45H26N4O2/c1-2-13-27(14-3-1)43-46-44(48-45(47-43)33-19-12-24-39-40(33)32-18-7-11-23-38(32)50-39)31-17-5-9-21-35(31)49-34-20-8-4-16-30(34)41-36(49)26-25-29-28-15-6-10-22-37(28)51-42(29)41/h1-26H. The maximum atomic E-state index is 6.57. The molecule has 4 heterocycles. The zero-order chi connectivity index (χ0) is 33.5. The summed E-state index contributed by atoms with van der Waals surface area (Å²) in [6.45, 7) is 0. The van der Waals surface area contributed by atoms with Crippen LogP contribution in [-0.4, -0.2) is 19.5 Å². The van der Waals surface area contributed by atoms with Gasteiger partial charge in [0.05, 0.1) is 22.1 Å². The Morgan fingerprint density at radius 3 is 1.86 bits per heavy atom. The highest BCUT2D eigenvalue weighted by atomic mass is 16.3. The molecule has 0 radical (unpaired) electrons. The lowest BCUT2D eigenvalue weighted by atomic mass is 10.1. The Bertz CT molecular complexity index is 3150. The molecule has 6 nitrogen and oxygen atoms in total. The number of para-hydroxylation sites is 4. The van der Waals surface area contributed by atoms with Crippen molar-refractivity contribution in [3.05, 3.63) is 158 Å². The molecule has 7 aromatic carbocycles. The van der Waals surface area contributed by atoms with Gasteiger partial charge in [0.1, 0.15) is 22.3 Å². The van der Waals surface area contributed by atoms with Crippen molar-refractivity contribution in [1.29, 1.82) is 0 Å². The minimum Gasteiger partial charge on any atom is -0.456 e. The molecule has 0 atom stereocenters. The maximum absolute atomic E-state index is 6.57. The van der Waals surface area contributed by atoms with Gasteiger partial charge in [-0.2, -0.15) is 0 Å². The third-order valence-electron chi connectivity index (χ3n) is 9.88. The van der Waals surface area contributed by atoms with Crippen LogP contribution >= 0.6 is 0 Å². The van der Waals surface area contributed by atoms with Crippen LogP contribution in [0.15, 0.2) is 167 Å². The van der Waals surface area contributed by atoms with Crippen LogP contribution in [0.4, 0.5) is 0 Å². The van der Waals surface area contributed by atoms with E-state index in [1.807, 2.05) is 78.9 Å². The summed E-state index contributed by atoms with van der Waals surface area (Å²) in [5.41, 5.74) is 9.14. The summed E-state index contributed by atoms with van der Waals surface area (Å²) in [5, 5.41) is 6.41. The molecule has 11 aromatic rings. The monoisotopic (exact) mass is 654 g/mol. The molecule has 0 aliphatic carbocycles. The molecule has 4 aromatic heterocycles. The number of nitrogens with zero attached hydrogens (tertiary/aromatic N) is 4. The highest BCUT2D eigenvalue weighted by molar-refractivity contribution is 6.24. The van der Waals surface area contributed by atoms with Crippen LogP contribution in [0, 0.1) is 0 Å². The largest absolute Gasteiger partial charge is 0.456 e. The fourth-order valence-corrected chi connectivity index (χ4v) is 7.65. The average Bonchev–Trinajstić information content (AvgIpc) is 3.87. The lowest BCUT2D eigenvalue weighted by molar-refractivity contribution is 0.669. The second-order valence-corrected chi connectivity index (χ2v) is 12.8. The second kappa shape index (κ2) is 10.7. The van der Waals surface area contributed by atoms with Crippen LogP contribution in [0.3, 0.4) is 0 Å². The molecule has 0 unspecified atom stereocenters. The predicted molar refractivity (Wildman–Crippen MR) is 205 cm³/mol. The van der Waals surface area contributed by atoms with Crippen molar-refractivity contribution in [2.45, 2.75) is 0 Å². The van der Waals surface area contributed by atoms with Gasteiger partial charge < -0.3 is 13.4 Å². The molecule has 0 amide bonds. The summed E-state index contributed by atoms with van der Waals surface area (Å²) in [6.07, 6.45) is 0. The Labute approximate surface area is 290 Å². The molecule has 0 saturated carbocycles. The van der Waals surface area contributed by atoms with E-state index in [-0.39, 0.29) is 0 Å². The number of aromatic nitrogens is 4. The molecule has 0 bridgehead atoms. The van der Waals surface area contributed by atoms with Crippen molar-refractivity contribution < 1.29 is 8.83 Å². The molecule has 0 fully saturated rings. The van der Waals surface area contributed by atoms with E-state index in [9.17, 15) is 0 Å². The Kier molecular flexibility index (Phi) is 5.86. The first-order chi connectivity index (χ1) is 25.3. The van der Waals surface area contributed by atoms with Gasteiger partial charge in [0.2, 0.25) is 0 Å². The molecule has 11 rings (SSSR count). The SMILES string of the molecule is c1ccc(-c2nc(-c3ccccc3-n3c4ccccc4c4c5oc6ccccc6c5ccc43)nc(-c3cccc4oc5ccccc5c34)n2)cc1. The van der Waals surface area contributed by atoms with Crippen molar-refractivity contribution in [3.8, 4) is 39.9 Å². The van der Waals surface area contributed by atoms with Gasteiger partial charge >= 0.3 is 0 Å². The Morgan fingerprint density at radius 1 is 0.373 bits per heavy atom. The van der Waals surface area contributed by atoms with E-state index in [0.717, 1.165) is 88.1 Å². The predicted octanol–water partition coefficient (Wildman–Crippen LogP) is 11.8. The first-order valence-corrected chi connectivity index (χ1v) is 17.0. The van der Waals surface area contributed by atoms with Crippen LogP contribution in [0.2, 0.25) is 0 Å². The molecular weight excluding hydrogens is 629 g/mol. The highest BCUT2D eigenvalue weighted by Gasteiger charge is 2.23. The van der Waals surface area contributed by atoms with Crippen molar-refractivity contribution in [2.75, 3.05) is 0 Å². The minimum atomic E-state index is 0.579. The van der Waals surface area contributed by atoms with Gasteiger partial charge in [0, 0.05) is 43.6 Å². The number of hydrogen-bond acceptors (Lipinski definition) is 5. The molecule has 51 heavy (non-hydrogen) atoms. The molecule has 0 aliphatic rings. The first kappa shape index (κ1) is 27.9. The lowest BCUT2D eigenvalue weighted by Crippen LogP contribution is -2.03. The summed E-state index contributed by atoms with van der Waals surface area (Å²) in [7, 11) is 0. The summed E-state index contributed by atoms with van der Waals surface area (Å²) < 4.78 is 15.1. The average molecular weight is 655 g/mol. The molecule has 6 heteroatoms. The summed E-state index contributed by atoms with van der Waals surface area (Å²) in [6, 6.07) is 53.7. The van der Waals surface area contributed by atoms with Crippen molar-refractivity contribution in [2.24, 2.45) is 0 Å². The third kappa shape index (κ3) is 4.14. The molecule has 238 valence electrons. The number of fused-ring (bicyclic) bond motifs is 10. The van der Waals surface area contributed by atoms with E-state index in [2.05, 4.69) is 83.4 Å². The van der Waals surface area contributed by atoms with Crippen LogP contribution in [0.1, 0.15) is 0 Å². The van der Waals surface area contributed by atoms with Crippen LogP contribution < -0.4 is 0 Å². The molecular formula is C45H26N4O2. The fraction of sp³-hybridized carbons (Fsp3) is 0. The minimum absolute atomic E-state index is 0.579. The number of hydrogen-bond donors (Lipinski definition) is 0. The first-order valence-electron chi connectivity index (χ1n) is 17.0. The van der Waals surface area contributed by atoms with E-state index >= 15 is 0 Å². The third-order valence-corrected chi connectivity index (χ3v) is 9.88. The van der Waals surface area contributed by atoms with Crippen molar-refractivity contribution in [1.82, 2.24) is 19.5 Å². The van der Waals surface area contributed by atoms with Gasteiger partial charge in [-0.05, 0) is 48.5 Å². The fourth-order valence-electron chi connectivity index (χ4n) is 7.65. The van der Waals surface area contributed by atoms with E-state index < -0.39 is 0 Å². The van der Waals surface area contributed by atoms with E-state index in [1.54, 1.807) is 0 Å². The quantitative estimate of drug-likeness (QED) is 0.189. The van der Waals surface area contributed by atoms with Crippen molar-refractivity contribution >= 4 is 65.7 Å². The van der Waals surface area contributed by atoms with Crippen LogP contribution in [0.25, 0.3) is 106 Å². The molecule has 0 saturated heterocycles. The lowest BCUT2D eigenvalue weighted by Gasteiger charge is -2.14. The van der Waals surface area contributed by atoms with E-state index in [4.69, 9.17) is 23.8 Å². The van der Waals surface area contributed by atoms with Crippen LogP contribution in [0.5, 0.6) is 0 Å². The van der Waals surface area contributed by atoms with Crippen molar-refractivity contribution in [3.63, 3.8) is 0 Å². The zero-order valence-electron chi connectivity index (χ0n) is 27.1. The molecule has 0 spiro atoms. The Morgan fingerprint density at radius 2 is 1.00 bits per heavy atom. The summed E-state index contributed by atoms with van der Waals surface area (Å²) >= 11 is 0. The Balaban J connectivity index is 1.20. The Hall–Kier alpha value is -7.05. The number of benzene rings is 7. The van der Waals surface area contributed by atoms with Gasteiger partial charge in [-0.15, -0.1) is 0 Å². The summed E-state index contributed by atoms with van der Waals surface area (Å²) in [4.78, 5) is 15.5. The normalized spacial score (nSPS) is 11.9. The summed E-state index contributed by atoms with van der Waals surface area (Å²) in [5.74, 6) is 1.76. The van der Waals surface area contributed by atoms with Gasteiger partial charge in [-0.1, -0.05) is 109 Å². The smallest absolute Gasteiger partial charge is 0.166 e. The second-order valence-electron chi connectivity index (χ2n) is 12.8. The van der Waals surface area contributed by atoms with Gasteiger partial charge in [0.15, 0.2) is 17.5 Å². The van der Waals surface area contributed by atoms with E-state index in [0.29, 0.717) is 17.5 Å². The zero-order valence-corrected chi connectivity index (χ0v) is 27.1.